The van der Waals surface area contributed by atoms with E-state index in [1.165, 1.54) is 0 Å². The Morgan fingerprint density at radius 3 is 2.86 bits per heavy atom. The van der Waals surface area contributed by atoms with Crippen molar-refractivity contribution in [1.29, 1.82) is 0 Å². The van der Waals surface area contributed by atoms with Gasteiger partial charge in [-0.15, -0.1) is 6.42 Å². The highest BCUT2D eigenvalue weighted by atomic mass is 16.5. The number of rotatable bonds is 4. The quantitative estimate of drug-likeness (QED) is 0.803. The Hall–Kier alpha value is -1.25. The van der Waals surface area contributed by atoms with Crippen LogP contribution in [0, 0.1) is 23.7 Å². The van der Waals surface area contributed by atoms with E-state index >= 15 is 0 Å². The van der Waals surface area contributed by atoms with Crippen molar-refractivity contribution < 1.29 is 14.3 Å². The second-order valence-corrected chi connectivity index (χ2v) is 7.21. The molecule has 5 nitrogen and oxygen atoms in total. The van der Waals surface area contributed by atoms with Crippen LogP contribution < -0.4 is 5.32 Å². The summed E-state index contributed by atoms with van der Waals surface area (Å²) in [5, 5.41) is 3.19. The molecule has 5 heteroatoms. The molecule has 0 radical (unpaired) electrons. The molecule has 1 saturated carbocycles. The molecule has 2 aliphatic heterocycles. The van der Waals surface area contributed by atoms with Gasteiger partial charge in [0.15, 0.2) is 0 Å². The van der Waals surface area contributed by atoms with Crippen molar-refractivity contribution in [2.45, 2.75) is 51.4 Å². The molecule has 4 atom stereocenters. The second kappa shape index (κ2) is 6.10. The number of hydrogen-bond donors (Lipinski definition) is 1. The van der Waals surface area contributed by atoms with Crippen molar-refractivity contribution in [2.24, 2.45) is 11.3 Å². The monoisotopic (exact) mass is 306 g/mol. The van der Waals surface area contributed by atoms with Gasteiger partial charge in [-0.3, -0.25) is 0 Å². The smallest absolute Gasteiger partial charge is 0.318 e. The number of ether oxygens (including phenoxy) is 2. The highest BCUT2D eigenvalue weighted by molar-refractivity contribution is 5.75. The topological polar surface area (TPSA) is 50.8 Å². The number of urea groups is 1. The molecule has 3 aliphatic rings. The highest BCUT2D eigenvalue weighted by Gasteiger charge is 2.60. The van der Waals surface area contributed by atoms with Crippen LogP contribution in [0.2, 0.25) is 0 Å². The Kier molecular flexibility index (Phi) is 4.33. The SMILES string of the molecule is C#CCN(C[C@@H]1CCCO1)C(=O)N[C@@H]1[C@@H]2CCO[C@@H]2C1(C)C. The lowest BCUT2D eigenvalue weighted by Gasteiger charge is -2.54. The molecule has 0 spiro atoms. The van der Waals surface area contributed by atoms with Crippen molar-refractivity contribution in [3.05, 3.63) is 0 Å². The zero-order valence-electron chi connectivity index (χ0n) is 13.5. The van der Waals surface area contributed by atoms with Gasteiger partial charge in [-0.25, -0.2) is 4.79 Å². The van der Waals surface area contributed by atoms with E-state index in [1.54, 1.807) is 4.90 Å². The van der Waals surface area contributed by atoms with Gasteiger partial charge in [0.2, 0.25) is 0 Å². The van der Waals surface area contributed by atoms with Crippen molar-refractivity contribution in [3.8, 4) is 12.3 Å². The fourth-order valence-electron chi connectivity index (χ4n) is 4.21. The number of terminal acetylenes is 1. The van der Waals surface area contributed by atoms with Crippen molar-refractivity contribution in [1.82, 2.24) is 10.2 Å². The van der Waals surface area contributed by atoms with E-state index in [-0.39, 0.29) is 29.7 Å². The van der Waals surface area contributed by atoms with Crippen LogP contribution in [-0.2, 0) is 9.47 Å². The molecule has 3 fully saturated rings. The normalized spacial score (nSPS) is 35.3. The second-order valence-electron chi connectivity index (χ2n) is 7.21. The number of carbonyl (C=O) groups is 1. The molecular formula is C17H26N2O3. The molecule has 2 saturated heterocycles. The molecule has 1 aliphatic carbocycles. The van der Waals surface area contributed by atoms with E-state index in [0.717, 1.165) is 32.5 Å². The molecule has 0 aromatic carbocycles. The minimum Gasteiger partial charge on any atom is -0.377 e. The van der Waals surface area contributed by atoms with Gasteiger partial charge in [-0.05, 0) is 19.3 Å². The summed E-state index contributed by atoms with van der Waals surface area (Å²) in [7, 11) is 0. The van der Waals surface area contributed by atoms with Gasteiger partial charge in [0.05, 0.1) is 18.8 Å². The lowest BCUT2D eigenvalue weighted by Crippen LogP contribution is -2.68. The van der Waals surface area contributed by atoms with Crippen molar-refractivity contribution >= 4 is 6.03 Å². The number of fused-ring (bicyclic) bond motifs is 1. The number of amides is 2. The van der Waals surface area contributed by atoms with Crippen molar-refractivity contribution in [2.75, 3.05) is 26.3 Å². The molecular weight excluding hydrogens is 280 g/mol. The fourth-order valence-corrected chi connectivity index (χ4v) is 4.21. The van der Waals surface area contributed by atoms with Crippen LogP contribution >= 0.6 is 0 Å². The molecule has 22 heavy (non-hydrogen) atoms. The van der Waals surface area contributed by atoms with E-state index in [0.29, 0.717) is 19.0 Å². The maximum absolute atomic E-state index is 12.6. The summed E-state index contributed by atoms with van der Waals surface area (Å²) in [5.74, 6) is 3.02. The van der Waals surface area contributed by atoms with E-state index in [9.17, 15) is 4.79 Å². The Balaban J connectivity index is 1.60. The third-order valence-corrected chi connectivity index (χ3v) is 5.40. The first kappa shape index (κ1) is 15.6. The number of hydrogen-bond acceptors (Lipinski definition) is 3. The van der Waals surface area contributed by atoms with E-state index in [1.807, 2.05) is 0 Å². The van der Waals surface area contributed by atoms with Crippen LogP contribution in [0.5, 0.6) is 0 Å². The largest absolute Gasteiger partial charge is 0.377 e. The van der Waals surface area contributed by atoms with E-state index < -0.39 is 0 Å². The number of nitrogens with zero attached hydrogens (tertiary/aromatic N) is 1. The molecule has 0 unspecified atom stereocenters. The number of carbonyl (C=O) groups excluding carboxylic acids is 1. The van der Waals surface area contributed by atoms with Gasteiger partial charge < -0.3 is 19.7 Å². The minimum atomic E-state index is -0.0723. The maximum Gasteiger partial charge on any atom is 0.318 e. The number of nitrogens with one attached hydrogen (secondary N) is 1. The summed E-state index contributed by atoms with van der Waals surface area (Å²) in [4.78, 5) is 14.3. The van der Waals surface area contributed by atoms with Crippen LogP contribution in [0.1, 0.15) is 33.1 Å². The third-order valence-electron chi connectivity index (χ3n) is 5.40. The van der Waals surface area contributed by atoms with E-state index in [4.69, 9.17) is 15.9 Å². The minimum absolute atomic E-state index is 0.0114. The van der Waals surface area contributed by atoms with Gasteiger partial charge >= 0.3 is 6.03 Å². The molecule has 122 valence electrons. The first-order valence-electron chi connectivity index (χ1n) is 8.26. The summed E-state index contributed by atoms with van der Waals surface area (Å²) in [6, 6.07) is 0.0918. The summed E-state index contributed by atoms with van der Waals surface area (Å²) >= 11 is 0. The highest BCUT2D eigenvalue weighted by Crippen LogP contribution is 2.52. The zero-order chi connectivity index (χ0) is 15.7. The molecule has 2 heterocycles. The Bertz CT molecular complexity index is 465. The lowest BCUT2D eigenvalue weighted by atomic mass is 9.57. The van der Waals surface area contributed by atoms with Gasteiger partial charge in [0, 0.05) is 37.1 Å². The summed E-state index contributed by atoms with van der Waals surface area (Å²) in [6.45, 7) is 6.81. The fraction of sp³-hybridized carbons (Fsp3) is 0.824. The lowest BCUT2D eigenvalue weighted by molar-refractivity contribution is -0.109. The molecule has 3 rings (SSSR count). The molecule has 0 aromatic heterocycles. The standard InChI is InChI=1S/C17H26N2O3/c1-4-8-19(11-12-6-5-9-21-12)16(20)18-14-13-7-10-22-15(13)17(14,2)3/h1,12-15H,5-11H2,2-3H3,(H,18,20)/t12-,13-,14+,15-/m0/s1. The Morgan fingerprint density at radius 1 is 1.36 bits per heavy atom. The van der Waals surface area contributed by atoms with Crippen LogP contribution in [0.3, 0.4) is 0 Å². The average molecular weight is 306 g/mol. The zero-order valence-corrected chi connectivity index (χ0v) is 13.5. The van der Waals surface area contributed by atoms with Gasteiger partial charge in [0.1, 0.15) is 0 Å². The van der Waals surface area contributed by atoms with Gasteiger partial charge in [-0.1, -0.05) is 19.8 Å². The molecule has 2 amide bonds. The van der Waals surface area contributed by atoms with Gasteiger partial charge in [-0.2, -0.15) is 0 Å². The predicted molar refractivity (Wildman–Crippen MR) is 83.3 cm³/mol. The average Bonchev–Trinajstić information content (AvgIpc) is 3.14. The molecule has 0 bridgehead atoms. The predicted octanol–water partition coefficient (Wildman–Crippen LogP) is 1.62. The van der Waals surface area contributed by atoms with Crippen LogP contribution in [0.15, 0.2) is 0 Å². The van der Waals surface area contributed by atoms with E-state index in [2.05, 4.69) is 25.1 Å². The van der Waals surface area contributed by atoms with Gasteiger partial charge in [0.25, 0.3) is 0 Å². The van der Waals surface area contributed by atoms with Crippen LogP contribution in [-0.4, -0.2) is 55.5 Å². The first-order valence-corrected chi connectivity index (χ1v) is 8.26. The first-order chi connectivity index (χ1) is 10.5. The van der Waals surface area contributed by atoms with Crippen LogP contribution in [0.4, 0.5) is 4.79 Å². The Labute approximate surface area is 132 Å². The summed E-state index contributed by atoms with van der Waals surface area (Å²) in [5.41, 5.74) is -0.0114. The molecule has 1 N–H and O–H groups in total. The third kappa shape index (κ3) is 2.70. The van der Waals surface area contributed by atoms with Crippen LogP contribution in [0.25, 0.3) is 0 Å². The molecule has 0 aromatic rings. The van der Waals surface area contributed by atoms with Crippen molar-refractivity contribution in [3.63, 3.8) is 0 Å². The Morgan fingerprint density at radius 2 is 2.18 bits per heavy atom. The summed E-state index contributed by atoms with van der Waals surface area (Å²) < 4.78 is 11.4. The maximum atomic E-state index is 12.6. The summed E-state index contributed by atoms with van der Waals surface area (Å²) in [6.07, 6.45) is 8.91.